The molecular formula is C19H31N3O. The van der Waals surface area contributed by atoms with E-state index in [4.69, 9.17) is 0 Å². The molecule has 1 aromatic rings. The molecule has 0 aromatic heterocycles. The molecule has 0 radical (unpaired) electrons. The normalized spacial score (nSPS) is 15.7. The summed E-state index contributed by atoms with van der Waals surface area (Å²) in [5, 5.41) is 6.08. The minimum absolute atomic E-state index is 0.0928. The first kappa shape index (κ1) is 17.8. The second-order valence-corrected chi connectivity index (χ2v) is 6.67. The third-order valence-corrected chi connectivity index (χ3v) is 4.59. The molecule has 128 valence electrons. The fourth-order valence-electron chi connectivity index (χ4n) is 3.22. The van der Waals surface area contributed by atoms with Crippen LogP contribution in [0.3, 0.4) is 0 Å². The van der Waals surface area contributed by atoms with Gasteiger partial charge in [0.1, 0.15) is 0 Å². The highest BCUT2D eigenvalue weighted by Gasteiger charge is 2.14. The Hall–Kier alpha value is -1.55. The number of likely N-dealkylation sites (tertiary alicyclic amines) is 1. The molecule has 0 bridgehead atoms. The van der Waals surface area contributed by atoms with Crippen LogP contribution in [0.25, 0.3) is 0 Å². The number of carbonyl (C=O) groups is 1. The molecule has 0 unspecified atom stereocenters. The van der Waals surface area contributed by atoms with Crippen LogP contribution in [0.5, 0.6) is 0 Å². The van der Waals surface area contributed by atoms with E-state index in [0.717, 1.165) is 18.7 Å². The molecule has 4 heteroatoms. The van der Waals surface area contributed by atoms with Gasteiger partial charge in [-0.25, -0.2) is 4.79 Å². The zero-order chi connectivity index (χ0) is 16.7. The molecule has 23 heavy (non-hydrogen) atoms. The molecule has 1 heterocycles. The Bertz CT molecular complexity index is 507. The largest absolute Gasteiger partial charge is 0.337 e. The maximum atomic E-state index is 12.3. The van der Waals surface area contributed by atoms with Crippen molar-refractivity contribution in [3.8, 4) is 0 Å². The molecule has 1 aromatic carbocycles. The number of para-hydroxylation sites is 1. The summed E-state index contributed by atoms with van der Waals surface area (Å²) in [6.45, 7) is 10.4. The second kappa shape index (κ2) is 8.92. The summed E-state index contributed by atoms with van der Waals surface area (Å²) in [4.78, 5) is 14.7. The van der Waals surface area contributed by atoms with Crippen molar-refractivity contribution in [2.45, 2.75) is 52.4 Å². The molecule has 2 amide bonds. The molecule has 1 saturated heterocycles. The highest BCUT2D eigenvalue weighted by Crippen LogP contribution is 2.28. The predicted molar refractivity (Wildman–Crippen MR) is 97.2 cm³/mol. The van der Waals surface area contributed by atoms with Gasteiger partial charge in [0.2, 0.25) is 0 Å². The van der Waals surface area contributed by atoms with E-state index < -0.39 is 0 Å². The van der Waals surface area contributed by atoms with Crippen LogP contribution in [0.4, 0.5) is 10.5 Å². The van der Waals surface area contributed by atoms with E-state index >= 15 is 0 Å². The lowest BCUT2D eigenvalue weighted by Crippen LogP contribution is -2.39. The zero-order valence-corrected chi connectivity index (χ0v) is 14.8. The van der Waals surface area contributed by atoms with Gasteiger partial charge in [-0.15, -0.1) is 0 Å². The number of aryl methyl sites for hydroxylation is 1. The van der Waals surface area contributed by atoms with E-state index in [2.05, 4.69) is 54.5 Å². The number of amides is 2. The van der Waals surface area contributed by atoms with Crippen LogP contribution in [0.15, 0.2) is 18.2 Å². The van der Waals surface area contributed by atoms with Gasteiger partial charge >= 0.3 is 6.03 Å². The zero-order valence-electron chi connectivity index (χ0n) is 14.8. The number of nitrogens with one attached hydrogen (secondary N) is 2. The smallest absolute Gasteiger partial charge is 0.319 e. The first-order valence-corrected chi connectivity index (χ1v) is 9.00. The summed E-state index contributed by atoms with van der Waals surface area (Å²) in [5.74, 6) is 0.394. The van der Waals surface area contributed by atoms with E-state index in [9.17, 15) is 4.79 Å². The SMILES string of the molecule is CCc1cccc(C(C)C)c1NC(=O)NCCN1CCCCC1. The highest BCUT2D eigenvalue weighted by molar-refractivity contribution is 5.91. The number of nitrogens with zero attached hydrogens (tertiary/aromatic N) is 1. The van der Waals surface area contributed by atoms with Crippen LogP contribution >= 0.6 is 0 Å². The number of anilines is 1. The van der Waals surface area contributed by atoms with Gasteiger partial charge in [-0.05, 0) is 49.4 Å². The van der Waals surface area contributed by atoms with Crippen LogP contribution in [-0.2, 0) is 6.42 Å². The van der Waals surface area contributed by atoms with Crippen molar-refractivity contribution in [2.75, 3.05) is 31.5 Å². The molecule has 0 atom stereocenters. The van der Waals surface area contributed by atoms with Crippen molar-refractivity contribution in [1.29, 1.82) is 0 Å². The number of rotatable bonds is 6. The van der Waals surface area contributed by atoms with Crippen molar-refractivity contribution in [3.05, 3.63) is 29.3 Å². The number of benzene rings is 1. The Morgan fingerprint density at radius 1 is 1.22 bits per heavy atom. The standard InChI is InChI=1S/C19H31N3O/c1-4-16-9-8-10-17(15(2)3)18(16)21-19(23)20-11-14-22-12-6-5-7-13-22/h8-10,15H,4-7,11-14H2,1-3H3,(H2,20,21,23). The minimum Gasteiger partial charge on any atom is -0.337 e. The third kappa shape index (κ3) is 5.24. The fraction of sp³-hybridized carbons (Fsp3) is 0.632. The van der Waals surface area contributed by atoms with E-state index in [1.165, 1.54) is 43.5 Å². The average molecular weight is 317 g/mol. The summed E-state index contributed by atoms with van der Waals surface area (Å²) in [7, 11) is 0. The lowest BCUT2D eigenvalue weighted by molar-refractivity contribution is 0.224. The minimum atomic E-state index is -0.0928. The van der Waals surface area contributed by atoms with Crippen LogP contribution in [0.1, 0.15) is 57.1 Å². The van der Waals surface area contributed by atoms with Crippen molar-refractivity contribution in [3.63, 3.8) is 0 Å². The van der Waals surface area contributed by atoms with E-state index in [-0.39, 0.29) is 6.03 Å². The number of hydrogen-bond acceptors (Lipinski definition) is 2. The molecule has 0 spiro atoms. The summed E-state index contributed by atoms with van der Waals surface area (Å²) < 4.78 is 0. The van der Waals surface area contributed by atoms with Gasteiger partial charge in [0.05, 0.1) is 0 Å². The van der Waals surface area contributed by atoms with Crippen LogP contribution < -0.4 is 10.6 Å². The lowest BCUT2D eigenvalue weighted by atomic mass is 9.97. The molecule has 2 rings (SSSR count). The summed E-state index contributed by atoms with van der Waals surface area (Å²) >= 11 is 0. The Morgan fingerprint density at radius 3 is 2.61 bits per heavy atom. The quantitative estimate of drug-likeness (QED) is 0.833. The van der Waals surface area contributed by atoms with Crippen molar-refractivity contribution in [2.24, 2.45) is 0 Å². The van der Waals surface area contributed by atoms with Crippen LogP contribution in [-0.4, -0.2) is 37.1 Å². The first-order valence-electron chi connectivity index (χ1n) is 9.00. The topological polar surface area (TPSA) is 44.4 Å². The molecule has 0 aliphatic carbocycles. The van der Waals surface area contributed by atoms with Gasteiger partial charge in [0.15, 0.2) is 0 Å². The summed E-state index contributed by atoms with van der Waals surface area (Å²) in [6.07, 6.45) is 4.84. The fourth-order valence-corrected chi connectivity index (χ4v) is 3.22. The molecule has 0 saturated carbocycles. The Balaban J connectivity index is 1.89. The monoisotopic (exact) mass is 317 g/mol. The van der Waals surface area contributed by atoms with E-state index in [0.29, 0.717) is 12.5 Å². The number of piperidine rings is 1. The van der Waals surface area contributed by atoms with Gasteiger partial charge in [0, 0.05) is 18.8 Å². The van der Waals surface area contributed by atoms with Crippen LogP contribution in [0.2, 0.25) is 0 Å². The second-order valence-electron chi connectivity index (χ2n) is 6.67. The Kier molecular flexibility index (Phi) is 6.90. The molecule has 1 aliphatic rings. The van der Waals surface area contributed by atoms with Gasteiger partial charge < -0.3 is 15.5 Å². The molecular weight excluding hydrogens is 286 g/mol. The number of carbonyl (C=O) groups excluding carboxylic acids is 1. The molecule has 1 aliphatic heterocycles. The van der Waals surface area contributed by atoms with Gasteiger partial charge in [0.25, 0.3) is 0 Å². The van der Waals surface area contributed by atoms with E-state index in [1.54, 1.807) is 0 Å². The number of hydrogen-bond donors (Lipinski definition) is 2. The van der Waals surface area contributed by atoms with E-state index in [1.807, 2.05) is 0 Å². The van der Waals surface area contributed by atoms with Crippen molar-refractivity contribution in [1.82, 2.24) is 10.2 Å². The number of urea groups is 1. The van der Waals surface area contributed by atoms with Gasteiger partial charge in [-0.2, -0.15) is 0 Å². The predicted octanol–water partition coefficient (Wildman–Crippen LogP) is 3.98. The summed E-state index contributed by atoms with van der Waals surface area (Å²) in [6, 6.07) is 6.18. The summed E-state index contributed by atoms with van der Waals surface area (Å²) in [5.41, 5.74) is 3.39. The Labute approximate surface area is 140 Å². The van der Waals surface area contributed by atoms with Gasteiger partial charge in [-0.1, -0.05) is 45.4 Å². The molecule has 2 N–H and O–H groups in total. The van der Waals surface area contributed by atoms with Crippen molar-refractivity contribution < 1.29 is 4.79 Å². The molecule has 4 nitrogen and oxygen atoms in total. The average Bonchev–Trinajstić information content (AvgIpc) is 2.55. The molecule has 1 fully saturated rings. The van der Waals surface area contributed by atoms with Gasteiger partial charge in [-0.3, -0.25) is 0 Å². The van der Waals surface area contributed by atoms with Crippen LogP contribution in [0, 0.1) is 0 Å². The third-order valence-electron chi connectivity index (χ3n) is 4.59. The highest BCUT2D eigenvalue weighted by atomic mass is 16.2. The lowest BCUT2D eigenvalue weighted by Gasteiger charge is -2.26. The maximum absolute atomic E-state index is 12.3. The first-order chi connectivity index (χ1) is 11.1. The Morgan fingerprint density at radius 2 is 1.96 bits per heavy atom. The maximum Gasteiger partial charge on any atom is 0.319 e. The van der Waals surface area contributed by atoms with Crippen molar-refractivity contribution >= 4 is 11.7 Å².